The second kappa shape index (κ2) is 16.2. The molecule has 1 N–H and O–H groups in total. The molecule has 0 heterocycles. The fraction of sp³-hybridized carbons (Fsp3) is 0.316. The molecule has 1 saturated carbocycles. The quantitative estimate of drug-likeness (QED) is 0.164. The fourth-order valence-corrected chi connectivity index (χ4v) is 7.58. The Morgan fingerprint density at radius 3 is 2.21 bits per heavy atom. The number of benzene rings is 4. The topological polar surface area (TPSA) is 96.0 Å². The maximum atomic E-state index is 14.7. The van der Waals surface area contributed by atoms with E-state index >= 15 is 0 Å². The molecule has 4 aromatic carbocycles. The van der Waals surface area contributed by atoms with Crippen LogP contribution in [0.3, 0.4) is 0 Å². The Bertz CT molecular complexity index is 1780. The minimum Gasteiger partial charge on any atom is -0.497 e. The van der Waals surface area contributed by atoms with Gasteiger partial charge in [0.05, 0.1) is 17.7 Å². The lowest BCUT2D eigenvalue weighted by Gasteiger charge is -2.35. The average Bonchev–Trinajstić information content (AvgIpc) is 3.10. The molecule has 0 unspecified atom stereocenters. The van der Waals surface area contributed by atoms with E-state index in [9.17, 15) is 18.0 Å². The number of hydrogen-bond acceptors (Lipinski definition) is 5. The van der Waals surface area contributed by atoms with E-state index in [2.05, 4.69) is 5.32 Å². The van der Waals surface area contributed by atoms with Gasteiger partial charge in [0.15, 0.2) is 0 Å². The van der Waals surface area contributed by atoms with Crippen LogP contribution in [0.15, 0.2) is 108 Å². The standard InChI is InChI=1S/C38H42ClN3O5S/c1-28-16-22-35(23-17-28)48(45,46)42(33-20-18-31(39)19-21-33)27-37(43)41(26-30-12-9-15-34(24-30)47-2)36(25-29-10-5-3-6-11-29)38(44)40-32-13-7-4-8-14-32/h3,5-6,9-12,15-24,32,36H,4,7-8,13-14,25-27H2,1-2H3,(H,40,44)/t36-/m1/s1. The minimum absolute atomic E-state index is 0.0192. The van der Waals surface area contributed by atoms with Gasteiger partial charge in [-0.05, 0) is 79.4 Å². The summed E-state index contributed by atoms with van der Waals surface area (Å²) in [6, 6.07) is 28.8. The van der Waals surface area contributed by atoms with Gasteiger partial charge in [0.2, 0.25) is 11.8 Å². The lowest BCUT2D eigenvalue weighted by Crippen LogP contribution is -2.55. The molecule has 2 amide bonds. The van der Waals surface area contributed by atoms with E-state index in [0.717, 1.165) is 53.1 Å². The zero-order valence-electron chi connectivity index (χ0n) is 27.3. The smallest absolute Gasteiger partial charge is 0.264 e. The summed E-state index contributed by atoms with van der Waals surface area (Å²) in [4.78, 5) is 30.5. The van der Waals surface area contributed by atoms with Gasteiger partial charge in [-0.15, -0.1) is 0 Å². The molecule has 252 valence electrons. The van der Waals surface area contributed by atoms with E-state index in [1.54, 1.807) is 43.5 Å². The van der Waals surface area contributed by atoms with Crippen LogP contribution in [0.2, 0.25) is 5.02 Å². The third-order valence-electron chi connectivity index (χ3n) is 8.71. The second-order valence-corrected chi connectivity index (χ2v) is 14.5. The van der Waals surface area contributed by atoms with Crippen LogP contribution in [0.25, 0.3) is 0 Å². The summed E-state index contributed by atoms with van der Waals surface area (Å²) < 4.78 is 35.0. The van der Waals surface area contributed by atoms with E-state index in [-0.39, 0.29) is 35.5 Å². The van der Waals surface area contributed by atoms with Crippen molar-refractivity contribution in [1.29, 1.82) is 0 Å². The van der Waals surface area contributed by atoms with Crippen LogP contribution >= 0.6 is 11.6 Å². The van der Waals surface area contributed by atoms with Crippen molar-refractivity contribution in [3.05, 3.63) is 125 Å². The first kappa shape index (κ1) is 35.0. The summed E-state index contributed by atoms with van der Waals surface area (Å²) >= 11 is 6.17. The number of amides is 2. The van der Waals surface area contributed by atoms with Crippen LogP contribution in [-0.2, 0) is 32.6 Å². The first-order valence-corrected chi connectivity index (χ1v) is 18.1. The molecule has 1 aliphatic carbocycles. The molecule has 48 heavy (non-hydrogen) atoms. The van der Waals surface area contributed by atoms with Gasteiger partial charge in [-0.25, -0.2) is 8.42 Å². The number of carbonyl (C=O) groups excluding carboxylic acids is 2. The Hall–Kier alpha value is -4.34. The van der Waals surface area contributed by atoms with Gasteiger partial charge in [0.1, 0.15) is 18.3 Å². The van der Waals surface area contributed by atoms with Crippen molar-refractivity contribution in [2.24, 2.45) is 0 Å². The Morgan fingerprint density at radius 1 is 0.875 bits per heavy atom. The van der Waals surface area contributed by atoms with Crippen molar-refractivity contribution in [3.63, 3.8) is 0 Å². The van der Waals surface area contributed by atoms with Gasteiger partial charge in [0, 0.05) is 24.0 Å². The SMILES string of the molecule is COc1cccc(CN(C(=O)CN(c2ccc(Cl)cc2)S(=O)(=O)c2ccc(C)cc2)[C@H](Cc2ccccc2)C(=O)NC2CCCCC2)c1. The molecule has 0 radical (unpaired) electrons. The highest BCUT2D eigenvalue weighted by atomic mass is 35.5. The number of halogens is 1. The predicted molar refractivity (Wildman–Crippen MR) is 190 cm³/mol. The van der Waals surface area contributed by atoms with Crippen LogP contribution in [0.5, 0.6) is 5.75 Å². The van der Waals surface area contributed by atoms with E-state index in [0.29, 0.717) is 10.8 Å². The highest BCUT2D eigenvalue weighted by molar-refractivity contribution is 7.92. The molecular formula is C38H42ClN3O5S. The van der Waals surface area contributed by atoms with E-state index < -0.39 is 28.5 Å². The second-order valence-electron chi connectivity index (χ2n) is 12.2. The highest BCUT2D eigenvalue weighted by Gasteiger charge is 2.35. The number of methoxy groups -OCH3 is 1. The molecule has 1 fully saturated rings. The molecule has 8 nitrogen and oxygen atoms in total. The first-order chi connectivity index (χ1) is 23.1. The van der Waals surface area contributed by atoms with Crippen molar-refractivity contribution in [2.75, 3.05) is 18.0 Å². The van der Waals surface area contributed by atoms with Gasteiger partial charge < -0.3 is 15.0 Å². The number of anilines is 1. The Balaban J connectivity index is 1.57. The van der Waals surface area contributed by atoms with Gasteiger partial charge in [-0.1, -0.05) is 91.0 Å². The zero-order valence-corrected chi connectivity index (χ0v) is 28.9. The maximum Gasteiger partial charge on any atom is 0.264 e. The maximum absolute atomic E-state index is 14.7. The summed E-state index contributed by atoms with van der Waals surface area (Å²) in [5, 5.41) is 3.66. The molecule has 5 rings (SSSR count). The molecule has 4 aromatic rings. The van der Waals surface area contributed by atoms with Crippen molar-refractivity contribution in [2.45, 2.75) is 69.0 Å². The van der Waals surface area contributed by atoms with E-state index in [1.807, 2.05) is 61.5 Å². The van der Waals surface area contributed by atoms with Gasteiger partial charge in [0.25, 0.3) is 10.0 Å². The van der Waals surface area contributed by atoms with Gasteiger partial charge in [-0.2, -0.15) is 0 Å². The number of carbonyl (C=O) groups is 2. The van der Waals surface area contributed by atoms with Crippen LogP contribution in [-0.4, -0.2) is 50.9 Å². The van der Waals surface area contributed by atoms with Crippen molar-refractivity contribution in [1.82, 2.24) is 10.2 Å². The highest BCUT2D eigenvalue weighted by Crippen LogP contribution is 2.27. The Morgan fingerprint density at radius 2 is 1.54 bits per heavy atom. The molecule has 0 aromatic heterocycles. The van der Waals surface area contributed by atoms with E-state index in [1.165, 1.54) is 17.0 Å². The van der Waals surface area contributed by atoms with Crippen LogP contribution in [0, 0.1) is 6.92 Å². The number of nitrogens with one attached hydrogen (secondary N) is 1. The largest absolute Gasteiger partial charge is 0.497 e. The lowest BCUT2D eigenvalue weighted by molar-refractivity contribution is -0.140. The Labute approximate surface area is 288 Å². The molecule has 0 spiro atoms. The summed E-state index contributed by atoms with van der Waals surface area (Å²) in [6.07, 6.45) is 5.22. The lowest BCUT2D eigenvalue weighted by atomic mass is 9.94. The molecule has 1 atom stereocenters. The number of aryl methyl sites for hydroxylation is 1. The van der Waals surface area contributed by atoms with Crippen LogP contribution in [0.4, 0.5) is 5.69 Å². The molecule has 1 aliphatic rings. The summed E-state index contributed by atoms with van der Waals surface area (Å²) in [7, 11) is -2.63. The van der Waals surface area contributed by atoms with Crippen molar-refractivity contribution < 1.29 is 22.7 Å². The number of ether oxygens (including phenoxy) is 1. The predicted octanol–water partition coefficient (Wildman–Crippen LogP) is 6.94. The monoisotopic (exact) mass is 687 g/mol. The van der Waals surface area contributed by atoms with Crippen LogP contribution < -0.4 is 14.4 Å². The third-order valence-corrected chi connectivity index (χ3v) is 10.8. The fourth-order valence-electron chi connectivity index (χ4n) is 6.04. The normalized spacial score (nSPS) is 14.1. The molecule has 10 heteroatoms. The van der Waals surface area contributed by atoms with Crippen molar-refractivity contribution in [3.8, 4) is 5.75 Å². The number of hydrogen-bond donors (Lipinski definition) is 1. The van der Waals surface area contributed by atoms with Crippen molar-refractivity contribution >= 4 is 39.1 Å². The van der Waals surface area contributed by atoms with Crippen LogP contribution in [0.1, 0.15) is 48.8 Å². The molecule has 0 bridgehead atoms. The molecule has 0 aliphatic heterocycles. The van der Waals surface area contributed by atoms with Gasteiger partial charge >= 0.3 is 0 Å². The summed E-state index contributed by atoms with van der Waals surface area (Å²) in [5.41, 5.74) is 2.80. The van der Waals surface area contributed by atoms with E-state index in [4.69, 9.17) is 16.3 Å². The number of nitrogens with zero attached hydrogens (tertiary/aromatic N) is 2. The summed E-state index contributed by atoms with van der Waals surface area (Å²) in [6.45, 7) is 1.40. The zero-order chi connectivity index (χ0) is 34.1. The van der Waals surface area contributed by atoms with Gasteiger partial charge in [-0.3, -0.25) is 13.9 Å². The Kier molecular flexibility index (Phi) is 11.8. The molecule has 0 saturated heterocycles. The first-order valence-electron chi connectivity index (χ1n) is 16.3. The molecular weight excluding hydrogens is 646 g/mol. The summed E-state index contributed by atoms with van der Waals surface area (Å²) in [5.74, 6) is -0.180. The number of rotatable bonds is 13. The average molecular weight is 688 g/mol. The minimum atomic E-state index is -4.20. The third kappa shape index (κ3) is 8.96. The number of sulfonamides is 1.